The average Bonchev–Trinajstić information content (AvgIpc) is 2.38. The molecule has 1 aromatic carbocycles. The van der Waals surface area contributed by atoms with E-state index >= 15 is 0 Å². The number of hydrogen-bond acceptors (Lipinski definition) is 4. The highest BCUT2D eigenvalue weighted by molar-refractivity contribution is 5.97. The van der Waals surface area contributed by atoms with Crippen molar-refractivity contribution in [3.63, 3.8) is 0 Å². The maximum atomic E-state index is 11.9. The van der Waals surface area contributed by atoms with E-state index in [9.17, 15) is 4.79 Å². The highest BCUT2D eigenvalue weighted by atomic mass is 16.5. The van der Waals surface area contributed by atoms with Crippen LogP contribution < -0.4 is 15.8 Å². The molecule has 3 N–H and O–H groups in total. The minimum Gasteiger partial charge on any atom is -0.490 e. The number of rotatable bonds is 8. The molecule has 5 heteroatoms. The van der Waals surface area contributed by atoms with E-state index < -0.39 is 0 Å². The van der Waals surface area contributed by atoms with Crippen molar-refractivity contribution in [2.75, 3.05) is 32.1 Å². The van der Waals surface area contributed by atoms with Gasteiger partial charge in [0.15, 0.2) is 0 Å². The molecular formula is C15H24N2O3. The molecule has 0 aliphatic carbocycles. The second-order valence-electron chi connectivity index (χ2n) is 4.93. The number of hydrogen-bond donors (Lipinski definition) is 2. The molecule has 0 aliphatic heterocycles. The van der Waals surface area contributed by atoms with Crippen molar-refractivity contribution in [1.82, 2.24) is 5.32 Å². The molecule has 0 saturated carbocycles. The second kappa shape index (κ2) is 8.43. The lowest BCUT2D eigenvalue weighted by Gasteiger charge is -2.12. The maximum absolute atomic E-state index is 11.9. The summed E-state index contributed by atoms with van der Waals surface area (Å²) >= 11 is 0. The molecule has 1 aromatic rings. The molecule has 0 saturated heterocycles. The van der Waals surface area contributed by atoms with Crippen LogP contribution >= 0.6 is 0 Å². The fraction of sp³-hybridized carbons (Fsp3) is 0.533. The van der Waals surface area contributed by atoms with Crippen molar-refractivity contribution in [1.29, 1.82) is 0 Å². The van der Waals surface area contributed by atoms with E-state index in [1.165, 1.54) is 0 Å². The molecule has 0 aliphatic rings. The van der Waals surface area contributed by atoms with Crippen molar-refractivity contribution >= 4 is 11.6 Å². The highest BCUT2D eigenvalue weighted by Crippen LogP contribution is 2.21. The first kappa shape index (κ1) is 16.3. The zero-order valence-electron chi connectivity index (χ0n) is 12.4. The van der Waals surface area contributed by atoms with E-state index in [0.29, 0.717) is 49.3 Å². The summed E-state index contributed by atoms with van der Waals surface area (Å²) in [7, 11) is 0. The van der Waals surface area contributed by atoms with Gasteiger partial charge in [0.25, 0.3) is 5.91 Å². The lowest BCUT2D eigenvalue weighted by molar-refractivity contribution is 0.0807. The van der Waals surface area contributed by atoms with E-state index in [2.05, 4.69) is 19.2 Å². The Hall–Kier alpha value is -1.75. The van der Waals surface area contributed by atoms with Crippen LogP contribution in [0.15, 0.2) is 18.2 Å². The summed E-state index contributed by atoms with van der Waals surface area (Å²) in [4.78, 5) is 11.9. The molecule has 112 valence electrons. The molecule has 0 spiro atoms. The van der Waals surface area contributed by atoms with Crippen LogP contribution in [0.2, 0.25) is 0 Å². The van der Waals surface area contributed by atoms with Crippen LogP contribution in [0.1, 0.15) is 31.1 Å². The Bertz CT molecular complexity index is 433. The zero-order valence-corrected chi connectivity index (χ0v) is 12.4. The van der Waals surface area contributed by atoms with Gasteiger partial charge in [-0.3, -0.25) is 4.79 Å². The largest absolute Gasteiger partial charge is 0.490 e. The number of nitrogen functional groups attached to an aromatic ring is 1. The van der Waals surface area contributed by atoms with Crippen LogP contribution in [0.5, 0.6) is 5.75 Å². The quantitative estimate of drug-likeness (QED) is 0.565. The number of carbonyl (C=O) groups is 1. The summed E-state index contributed by atoms with van der Waals surface area (Å²) in [5.74, 6) is 0.822. The number of anilines is 1. The van der Waals surface area contributed by atoms with Crippen molar-refractivity contribution in [2.24, 2.45) is 5.92 Å². The standard InChI is InChI=1S/C15H24N2O3/c1-4-17-15(18)13-6-5-12(16)9-14(13)20-8-7-19-10-11(2)3/h5-6,9,11H,4,7-8,10,16H2,1-3H3,(H,17,18). The van der Waals surface area contributed by atoms with Gasteiger partial charge in [-0.25, -0.2) is 0 Å². The Labute approximate surface area is 120 Å². The molecule has 0 radical (unpaired) electrons. The number of nitrogens with two attached hydrogens (primary N) is 1. The molecule has 0 fully saturated rings. The Morgan fingerprint density at radius 1 is 1.35 bits per heavy atom. The molecule has 1 amide bonds. The molecule has 0 unspecified atom stereocenters. The fourth-order valence-electron chi connectivity index (χ4n) is 1.63. The third-order valence-corrected chi connectivity index (χ3v) is 2.52. The van der Waals surface area contributed by atoms with Gasteiger partial charge in [-0.2, -0.15) is 0 Å². The monoisotopic (exact) mass is 280 g/mol. The number of carbonyl (C=O) groups excluding carboxylic acids is 1. The zero-order chi connectivity index (χ0) is 15.0. The number of amides is 1. The van der Waals surface area contributed by atoms with Crippen LogP contribution in [0.25, 0.3) is 0 Å². The lowest BCUT2D eigenvalue weighted by Crippen LogP contribution is -2.23. The minimum absolute atomic E-state index is 0.161. The maximum Gasteiger partial charge on any atom is 0.255 e. The first-order valence-electron chi connectivity index (χ1n) is 6.92. The highest BCUT2D eigenvalue weighted by Gasteiger charge is 2.12. The summed E-state index contributed by atoms with van der Waals surface area (Å²) in [6.07, 6.45) is 0. The predicted octanol–water partition coefficient (Wildman–Crippen LogP) is 2.07. The van der Waals surface area contributed by atoms with E-state index in [1.54, 1.807) is 18.2 Å². The van der Waals surface area contributed by atoms with Crippen molar-refractivity contribution in [2.45, 2.75) is 20.8 Å². The Morgan fingerprint density at radius 2 is 2.10 bits per heavy atom. The number of nitrogens with one attached hydrogen (secondary N) is 1. The Balaban J connectivity index is 2.58. The van der Waals surface area contributed by atoms with Gasteiger partial charge in [0.2, 0.25) is 0 Å². The van der Waals surface area contributed by atoms with Crippen LogP contribution in [-0.2, 0) is 4.74 Å². The lowest BCUT2D eigenvalue weighted by atomic mass is 10.1. The van der Waals surface area contributed by atoms with E-state index in [4.69, 9.17) is 15.2 Å². The Morgan fingerprint density at radius 3 is 2.75 bits per heavy atom. The third-order valence-electron chi connectivity index (χ3n) is 2.52. The van der Waals surface area contributed by atoms with Crippen molar-refractivity contribution < 1.29 is 14.3 Å². The first-order valence-corrected chi connectivity index (χ1v) is 6.92. The van der Waals surface area contributed by atoms with Gasteiger partial charge in [0.05, 0.1) is 12.2 Å². The molecule has 0 aromatic heterocycles. The average molecular weight is 280 g/mol. The normalized spacial score (nSPS) is 10.6. The van der Waals surface area contributed by atoms with Gasteiger partial charge in [0, 0.05) is 24.9 Å². The SMILES string of the molecule is CCNC(=O)c1ccc(N)cc1OCCOCC(C)C. The molecule has 0 atom stereocenters. The summed E-state index contributed by atoms with van der Waals surface area (Å²) in [5, 5.41) is 2.75. The summed E-state index contributed by atoms with van der Waals surface area (Å²) in [6.45, 7) is 8.20. The summed E-state index contributed by atoms with van der Waals surface area (Å²) in [6, 6.07) is 5.02. The molecule has 1 rings (SSSR count). The minimum atomic E-state index is -0.161. The smallest absolute Gasteiger partial charge is 0.255 e. The van der Waals surface area contributed by atoms with Gasteiger partial charge >= 0.3 is 0 Å². The van der Waals surface area contributed by atoms with Crippen molar-refractivity contribution in [3.05, 3.63) is 23.8 Å². The number of ether oxygens (including phenoxy) is 2. The topological polar surface area (TPSA) is 73.6 Å². The van der Waals surface area contributed by atoms with Gasteiger partial charge in [-0.05, 0) is 25.0 Å². The summed E-state index contributed by atoms with van der Waals surface area (Å²) in [5.41, 5.74) is 6.79. The van der Waals surface area contributed by atoms with Crippen LogP contribution in [0.4, 0.5) is 5.69 Å². The van der Waals surface area contributed by atoms with Gasteiger partial charge in [-0.15, -0.1) is 0 Å². The third kappa shape index (κ3) is 5.48. The number of benzene rings is 1. The van der Waals surface area contributed by atoms with Crippen LogP contribution in [0.3, 0.4) is 0 Å². The van der Waals surface area contributed by atoms with Gasteiger partial charge in [-0.1, -0.05) is 13.8 Å². The molecule has 0 bridgehead atoms. The fourth-order valence-corrected chi connectivity index (χ4v) is 1.63. The van der Waals surface area contributed by atoms with Gasteiger partial charge in [0.1, 0.15) is 12.4 Å². The molecule has 5 nitrogen and oxygen atoms in total. The molecular weight excluding hydrogens is 256 g/mol. The van der Waals surface area contributed by atoms with Crippen LogP contribution in [0, 0.1) is 5.92 Å². The second-order valence-corrected chi connectivity index (χ2v) is 4.93. The summed E-state index contributed by atoms with van der Waals surface area (Å²) < 4.78 is 11.0. The van der Waals surface area contributed by atoms with E-state index in [-0.39, 0.29) is 5.91 Å². The van der Waals surface area contributed by atoms with Gasteiger partial charge < -0.3 is 20.5 Å². The van der Waals surface area contributed by atoms with E-state index in [0.717, 1.165) is 0 Å². The molecule has 20 heavy (non-hydrogen) atoms. The molecule has 0 heterocycles. The van der Waals surface area contributed by atoms with E-state index in [1.807, 2.05) is 6.92 Å². The van der Waals surface area contributed by atoms with Crippen LogP contribution in [-0.4, -0.2) is 32.3 Å². The Kier molecular flexibility index (Phi) is 6.87. The predicted molar refractivity (Wildman–Crippen MR) is 80.0 cm³/mol. The van der Waals surface area contributed by atoms with Crippen molar-refractivity contribution in [3.8, 4) is 5.75 Å². The first-order chi connectivity index (χ1) is 9.54.